The Hall–Kier alpha value is -3.43. The number of carboxylic acids is 2. The zero-order chi connectivity index (χ0) is 18.9. The number of urea groups is 1. The molecule has 0 radical (unpaired) electrons. The van der Waals surface area contributed by atoms with Crippen LogP contribution < -0.4 is 21.7 Å². The monoisotopic (exact) mass is 358 g/mol. The summed E-state index contributed by atoms with van der Waals surface area (Å²) in [6, 6.07) is 12.2. The van der Waals surface area contributed by atoms with E-state index in [-0.39, 0.29) is 24.2 Å². The maximum Gasteiger partial charge on any atom is 0.343 e. The zero-order valence-corrected chi connectivity index (χ0v) is 13.7. The number of hydrogen-bond donors (Lipinski definition) is 6. The second kappa shape index (κ2) is 9.16. The van der Waals surface area contributed by atoms with E-state index in [2.05, 4.69) is 21.7 Å². The average molecular weight is 358 g/mol. The predicted octanol–water partition coefficient (Wildman–Crippen LogP) is 1.09. The van der Waals surface area contributed by atoms with Crippen molar-refractivity contribution in [3.63, 3.8) is 0 Å². The van der Waals surface area contributed by atoms with Gasteiger partial charge in [0.05, 0.1) is 11.1 Å². The summed E-state index contributed by atoms with van der Waals surface area (Å²) in [6.45, 7) is 0.246. The van der Waals surface area contributed by atoms with Gasteiger partial charge in [0.15, 0.2) is 0 Å². The van der Waals surface area contributed by atoms with E-state index < -0.39 is 18.0 Å². The number of carbonyl (C=O) groups is 3. The highest BCUT2D eigenvalue weighted by atomic mass is 16.4. The van der Waals surface area contributed by atoms with Crippen molar-refractivity contribution in [2.45, 2.75) is 13.1 Å². The van der Waals surface area contributed by atoms with Crippen LogP contribution in [-0.2, 0) is 13.1 Å². The van der Waals surface area contributed by atoms with Gasteiger partial charge in [0, 0.05) is 13.1 Å². The Bertz CT molecular complexity index is 744. The second-order valence-electron chi connectivity index (χ2n) is 5.21. The summed E-state index contributed by atoms with van der Waals surface area (Å²) in [5, 5.41) is 18.2. The third-order valence-electron chi connectivity index (χ3n) is 3.46. The number of hydrogen-bond acceptors (Lipinski definition) is 5. The Morgan fingerprint density at radius 3 is 1.46 bits per heavy atom. The van der Waals surface area contributed by atoms with Crippen molar-refractivity contribution in [3.8, 4) is 0 Å². The number of aromatic carboxylic acids is 2. The van der Waals surface area contributed by atoms with Gasteiger partial charge < -0.3 is 10.2 Å². The molecule has 0 spiro atoms. The van der Waals surface area contributed by atoms with Crippen molar-refractivity contribution < 1.29 is 24.6 Å². The first-order chi connectivity index (χ1) is 12.5. The van der Waals surface area contributed by atoms with E-state index in [1.807, 2.05) is 0 Å². The van der Waals surface area contributed by atoms with Crippen molar-refractivity contribution >= 4 is 18.0 Å². The molecule has 0 aliphatic carbocycles. The molecule has 26 heavy (non-hydrogen) atoms. The van der Waals surface area contributed by atoms with Gasteiger partial charge in [0.25, 0.3) is 0 Å². The van der Waals surface area contributed by atoms with E-state index >= 15 is 0 Å². The fraction of sp³-hybridized carbons (Fsp3) is 0.118. The van der Waals surface area contributed by atoms with Crippen LogP contribution in [0.25, 0.3) is 0 Å². The first kappa shape index (κ1) is 18.9. The van der Waals surface area contributed by atoms with Crippen molar-refractivity contribution in [1.29, 1.82) is 0 Å². The summed E-state index contributed by atoms with van der Waals surface area (Å²) in [6.07, 6.45) is 0. The molecule has 6 N–H and O–H groups in total. The number of amides is 2. The van der Waals surface area contributed by atoms with E-state index in [1.54, 1.807) is 36.4 Å². The first-order valence-corrected chi connectivity index (χ1v) is 7.63. The lowest BCUT2D eigenvalue weighted by Gasteiger charge is -2.12. The Labute approximate surface area is 149 Å². The molecular formula is C17H18N4O5. The van der Waals surface area contributed by atoms with Gasteiger partial charge in [-0.1, -0.05) is 36.4 Å². The summed E-state index contributed by atoms with van der Waals surface area (Å²) in [5.41, 5.74) is 11.3. The van der Waals surface area contributed by atoms with Gasteiger partial charge in [0.2, 0.25) is 0 Å². The molecule has 0 aromatic heterocycles. The third kappa shape index (κ3) is 5.30. The Kier molecular flexibility index (Phi) is 6.66. The smallest absolute Gasteiger partial charge is 0.343 e. The van der Waals surface area contributed by atoms with Crippen LogP contribution in [0.1, 0.15) is 31.8 Å². The van der Waals surface area contributed by atoms with Gasteiger partial charge in [0.1, 0.15) is 0 Å². The highest BCUT2D eigenvalue weighted by molar-refractivity contribution is 5.89. The highest BCUT2D eigenvalue weighted by Gasteiger charge is 2.10. The lowest BCUT2D eigenvalue weighted by molar-refractivity contribution is 0.0684. The molecule has 2 rings (SSSR count). The summed E-state index contributed by atoms with van der Waals surface area (Å²) in [7, 11) is 0. The molecule has 0 fully saturated rings. The van der Waals surface area contributed by atoms with Crippen LogP contribution in [0.2, 0.25) is 0 Å². The van der Waals surface area contributed by atoms with E-state index in [0.717, 1.165) is 0 Å². The van der Waals surface area contributed by atoms with Crippen LogP contribution in [-0.4, -0.2) is 28.2 Å². The van der Waals surface area contributed by atoms with Crippen molar-refractivity contribution in [2.75, 3.05) is 0 Å². The lowest BCUT2D eigenvalue weighted by Crippen LogP contribution is -2.49. The predicted molar refractivity (Wildman–Crippen MR) is 92.1 cm³/mol. The minimum absolute atomic E-state index is 0.123. The average Bonchev–Trinajstić information content (AvgIpc) is 2.62. The van der Waals surface area contributed by atoms with Crippen LogP contribution in [0.3, 0.4) is 0 Å². The first-order valence-electron chi connectivity index (χ1n) is 7.63. The number of rotatable bonds is 8. The topological polar surface area (TPSA) is 140 Å². The number of nitrogens with one attached hydrogen (secondary N) is 4. The fourth-order valence-electron chi connectivity index (χ4n) is 2.24. The maximum absolute atomic E-state index is 11.7. The van der Waals surface area contributed by atoms with Gasteiger partial charge in [-0.15, -0.1) is 0 Å². The number of hydrazine groups is 2. The molecule has 0 atom stereocenters. The highest BCUT2D eigenvalue weighted by Crippen LogP contribution is 2.08. The molecular weight excluding hydrogens is 340 g/mol. The normalized spacial score (nSPS) is 10.2. The summed E-state index contributed by atoms with van der Waals surface area (Å²) in [4.78, 5) is 33.9. The third-order valence-corrected chi connectivity index (χ3v) is 3.46. The van der Waals surface area contributed by atoms with Crippen molar-refractivity contribution in [3.05, 3.63) is 70.8 Å². The molecule has 0 saturated heterocycles. The maximum atomic E-state index is 11.7. The standard InChI is InChI=1S/C17H18N4O5/c22-15(23)13-7-3-1-5-11(13)9-18-20-17(26)21-19-10-12-6-2-4-8-14(12)16(24)25/h1-8,18-19H,9-10H2,(H,22,23)(H,24,25)(H2,20,21,26). The van der Waals surface area contributed by atoms with Crippen LogP contribution in [0.15, 0.2) is 48.5 Å². The van der Waals surface area contributed by atoms with E-state index in [4.69, 9.17) is 10.2 Å². The lowest BCUT2D eigenvalue weighted by atomic mass is 10.1. The van der Waals surface area contributed by atoms with E-state index in [1.165, 1.54) is 12.1 Å². The van der Waals surface area contributed by atoms with Crippen LogP contribution >= 0.6 is 0 Å². The second-order valence-corrected chi connectivity index (χ2v) is 5.21. The van der Waals surface area contributed by atoms with E-state index in [0.29, 0.717) is 11.1 Å². The minimum Gasteiger partial charge on any atom is -0.478 e. The van der Waals surface area contributed by atoms with Gasteiger partial charge in [-0.3, -0.25) is 10.9 Å². The summed E-state index contributed by atoms with van der Waals surface area (Å²) < 4.78 is 0. The van der Waals surface area contributed by atoms with Crippen LogP contribution in [0.4, 0.5) is 4.79 Å². The molecule has 0 aliphatic heterocycles. The molecule has 2 aromatic carbocycles. The van der Waals surface area contributed by atoms with Gasteiger partial charge >= 0.3 is 18.0 Å². The van der Waals surface area contributed by atoms with E-state index in [9.17, 15) is 14.4 Å². The molecule has 9 nitrogen and oxygen atoms in total. The van der Waals surface area contributed by atoms with Gasteiger partial charge in [-0.25, -0.2) is 25.2 Å². The number of benzene rings is 2. The summed E-state index contributed by atoms with van der Waals surface area (Å²) >= 11 is 0. The Morgan fingerprint density at radius 2 is 1.08 bits per heavy atom. The van der Waals surface area contributed by atoms with Gasteiger partial charge in [-0.2, -0.15) is 0 Å². The van der Waals surface area contributed by atoms with Gasteiger partial charge in [-0.05, 0) is 23.3 Å². The molecule has 136 valence electrons. The Morgan fingerprint density at radius 1 is 0.692 bits per heavy atom. The zero-order valence-electron chi connectivity index (χ0n) is 13.7. The SMILES string of the molecule is O=C(NNCc1ccccc1C(=O)O)NNCc1ccccc1C(=O)O. The largest absolute Gasteiger partial charge is 0.478 e. The van der Waals surface area contributed by atoms with Crippen LogP contribution in [0.5, 0.6) is 0 Å². The molecule has 0 unspecified atom stereocenters. The molecule has 0 saturated carbocycles. The molecule has 2 aromatic rings. The number of carbonyl (C=O) groups excluding carboxylic acids is 1. The fourth-order valence-corrected chi connectivity index (χ4v) is 2.24. The summed E-state index contributed by atoms with van der Waals surface area (Å²) in [5.74, 6) is -2.10. The molecule has 0 aliphatic rings. The van der Waals surface area contributed by atoms with Crippen molar-refractivity contribution in [1.82, 2.24) is 21.7 Å². The van der Waals surface area contributed by atoms with Crippen molar-refractivity contribution in [2.24, 2.45) is 0 Å². The van der Waals surface area contributed by atoms with Crippen LogP contribution in [0, 0.1) is 0 Å². The molecule has 9 heteroatoms. The molecule has 0 heterocycles. The number of carboxylic acid groups (broad SMARTS) is 2. The molecule has 2 amide bonds. The molecule has 0 bridgehead atoms. The Balaban J connectivity index is 1.77. The minimum atomic E-state index is -1.05. The quantitative estimate of drug-likeness (QED) is 0.388.